The molecule has 3 aromatic heterocycles. The number of pyridine rings is 1. The molecule has 0 aromatic carbocycles. The standard InChI is InChI=1S/C12H9N5OS/c18-11(9-5-14-7-15-9)17-12-16-10(6-19-12)8-1-3-13-4-2-8/h1-7H,(H,14,15)(H,16,17,18). The first kappa shape index (κ1) is 11.5. The average molecular weight is 271 g/mol. The lowest BCUT2D eigenvalue weighted by molar-refractivity contribution is 0.102. The number of aromatic nitrogens is 4. The second-order valence-electron chi connectivity index (χ2n) is 3.69. The van der Waals surface area contributed by atoms with Gasteiger partial charge in [0.05, 0.1) is 18.2 Å². The first-order chi connectivity index (χ1) is 9.33. The summed E-state index contributed by atoms with van der Waals surface area (Å²) in [6, 6.07) is 3.74. The van der Waals surface area contributed by atoms with Gasteiger partial charge in [0.15, 0.2) is 5.13 Å². The van der Waals surface area contributed by atoms with E-state index < -0.39 is 0 Å². The molecule has 0 spiro atoms. The highest BCUT2D eigenvalue weighted by molar-refractivity contribution is 7.14. The number of anilines is 1. The van der Waals surface area contributed by atoms with Crippen molar-refractivity contribution in [2.75, 3.05) is 5.32 Å². The molecule has 0 saturated carbocycles. The topological polar surface area (TPSA) is 83.6 Å². The minimum absolute atomic E-state index is 0.256. The SMILES string of the molecule is O=C(Nc1nc(-c2ccncc2)cs1)c1cnc[nH]1. The van der Waals surface area contributed by atoms with Crippen molar-refractivity contribution in [1.82, 2.24) is 19.9 Å². The van der Waals surface area contributed by atoms with Crippen LogP contribution in [0.2, 0.25) is 0 Å². The third-order valence-electron chi connectivity index (χ3n) is 2.44. The van der Waals surface area contributed by atoms with E-state index in [-0.39, 0.29) is 5.91 Å². The van der Waals surface area contributed by atoms with Crippen LogP contribution in [0.25, 0.3) is 11.3 Å². The summed E-state index contributed by atoms with van der Waals surface area (Å²) < 4.78 is 0. The second-order valence-corrected chi connectivity index (χ2v) is 4.55. The molecular formula is C12H9N5OS. The molecule has 0 bridgehead atoms. The van der Waals surface area contributed by atoms with E-state index in [1.54, 1.807) is 12.4 Å². The minimum atomic E-state index is -0.256. The lowest BCUT2D eigenvalue weighted by Gasteiger charge is -1.98. The van der Waals surface area contributed by atoms with E-state index in [1.165, 1.54) is 23.9 Å². The summed E-state index contributed by atoms with van der Waals surface area (Å²) in [5.41, 5.74) is 2.18. The Kier molecular flexibility index (Phi) is 3.03. The molecule has 1 amide bonds. The summed E-state index contributed by atoms with van der Waals surface area (Å²) in [5, 5.41) is 5.15. The number of nitrogens with one attached hydrogen (secondary N) is 2. The number of carbonyl (C=O) groups excluding carboxylic acids is 1. The number of carbonyl (C=O) groups is 1. The van der Waals surface area contributed by atoms with Crippen LogP contribution in [0, 0.1) is 0 Å². The predicted molar refractivity (Wildman–Crippen MR) is 71.9 cm³/mol. The first-order valence-electron chi connectivity index (χ1n) is 5.48. The van der Waals surface area contributed by atoms with Gasteiger partial charge in [-0.1, -0.05) is 0 Å². The van der Waals surface area contributed by atoms with Crippen molar-refractivity contribution in [3.8, 4) is 11.3 Å². The lowest BCUT2D eigenvalue weighted by Crippen LogP contribution is -2.11. The third kappa shape index (κ3) is 2.50. The molecule has 0 radical (unpaired) electrons. The largest absolute Gasteiger partial charge is 0.341 e. The van der Waals surface area contributed by atoms with Gasteiger partial charge in [0.1, 0.15) is 5.69 Å². The van der Waals surface area contributed by atoms with Crippen LogP contribution in [0.1, 0.15) is 10.5 Å². The van der Waals surface area contributed by atoms with Gasteiger partial charge in [-0.2, -0.15) is 0 Å². The monoisotopic (exact) mass is 271 g/mol. The van der Waals surface area contributed by atoms with Crippen molar-refractivity contribution in [1.29, 1.82) is 0 Å². The lowest BCUT2D eigenvalue weighted by atomic mass is 10.2. The molecular weight excluding hydrogens is 262 g/mol. The number of hydrogen-bond donors (Lipinski definition) is 2. The fourth-order valence-electron chi connectivity index (χ4n) is 1.53. The Morgan fingerprint density at radius 2 is 2.11 bits per heavy atom. The summed E-state index contributed by atoms with van der Waals surface area (Å²) in [7, 11) is 0. The number of rotatable bonds is 3. The molecule has 0 aliphatic rings. The van der Waals surface area contributed by atoms with E-state index in [0.717, 1.165) is 11.3 Å². The van der Waals surface area contributed by atoms with Gasteiger partial charge >= 0.3 is 0 Å². The molecule has 2 N–H and O–H groups in total. The van der Waals surface area contributed by atoms with E-state index in [1.807, 2.05) is 17.5 Å². The zero-order valence-electron chi connectivity index (χ0n) is 9.70. The number of H-pyrrole nitrogens is 1. The Bertz CT molecular complexity index is 677. The highest BCUT2D eigenvalue weighted by Gasteiger charge is 2.10. The molecule has 7 heteroatoms. The number of nitrogens with zero attached hydrogens (tertiary/aromatic N) is 3. The van der Waals surface area contributed by atoms with Crippen molar-refractivity contribution >= 4 is 22.4 Å². The van der Waals surface area contributed by atoms with Crippen LogP contribution in [0.5, 0.6) is 0 Å². The van der Waals surface area contributed by atoms with Gasteiger partial charge in [-0.15, -0.1) is 11.3 Å². The molecule has 0 aliphatic heterocycles. The van der Waals surface area contributed by atoms with Crippen LogP contribution < -0.4 is 5.32 Å². The van der Waals surface area contributed by atoms with Crippen LogP contribution in [0.3, 0.4) is 0 Å². The Morgan fingerprint density at radius 3 is 2.84 bits per heavy atom. The first-order valence-corrected chi connectivity index (χ1v) is 6.36. The predicted octanol–water partition coefficient (Wildman–Crippen LogP) is 2.18. The Balaban J connectivity index is 1.77. The Hall–Kier alpha value is -2.54. The van der Waals surface area contributed by atoms with E-state index in [0.29, 0.717) is 10.8 Å². The molecule has 0 atom stereocenters. The van der Waals surface area contributed by atoms with Gasteiger partial charge in [-0.25, -0.2) is 9.97 Å². The maximum Gasteiger partial charge on any atom is 0.275 e. The van der Waals surface area contributed by atoms with Crippen molar-refractivity contribution in [2.24, 2.45) is 0 Å². The number of hydrogen-bond acceptors (Lipinski definition) is 5. The van der Waals surface area contributed by atoms with Gasteiger partial charge < -0.3 is 4.98 Å². The molecule has 3 aromatic rings. The molecule has 0 saturated heterocycles. The van der Waals surface area contributed by atoms with Crippen molar-refractivity contribution in [2.45, 2.75) is 0 Å². The molecule has 3 rings (SSSR count). The third-order valence-corrected chi connectivity index (χ3v) is 3.20. The van der Waals surface area contributed by atoms with Crippen LogP contribution in [0.15, 0.2) is 42.4 Å². The van der Waals surface area contributed by atoms with E-state index in [9.17, 15) is 4.79 Å². The van der Waals surface area contributed by atoms with E-state index >= 15 is 0 Å². The molecule has 19 heavy (non-hydrogen) atoms. The highest BCUT2D eigenvalue weighted by Crippen LogP contribution is 2.24. The second kappa shape index (κ2) is 4.99. The molecule has 0 fully saturated rings. The number of imidazole rings is 1. The van der Waals surface area contributed by atoms with Gasteiger partial charge in [0.25, 0.3) is 5.91 Å². The summed E-state index contributed by atoms with van der Waals surface area (Å²) >= 11 is 1.37. The maximum atomic E-state index is 11.8. The van der Waals surface area contributed by atoms with Crippen LogP contribution >= 0.6 is 11.3 Å². The Morgan fingerprint density at radius 1 is 1.26 bits per heavy atom. The van der Waals surface area contributed by atoms with Crippen molar-refractivity contribution in [3.05, 3.63) is 48.1 Å². The summed E-state index contributed by atoms with van der Waals surface area (Å²) in [6.45, 7) is 0. The van der Waals surface area contributed by atoms with Crippen molar-refractivity contribution in [3.63, 3.8) is 0 Å². The quantitative estimate of drug-likeness (QED) is 0.764. The Labute approximate surface area is 112 Å². The average Bonchev–Trinajstić information content (AvgIpc) is 3.11. The number of amides is 1. The van der Waals surface area contributed by atoms with Gasteiger partial charge in [-0.3, -0.25) is 15.1 Å². The molecule has 0 aliphatic carbocycles. The molecule has 6 nitrogen and oxygen atoms in total. The van der Waals surface area contributed by atoms with Crippen molar-refractivity contribution < 1.29 is 4.79 Å². The van der Waals surface area contributed by atoms with E-state index in [2.05, 4.69) is 25.3 Å². The zero-order chi connectivity index (χ0) is 13.1. The zero-order valence-corrected chi connectivity index (χ0v) is 10.5. The van der Waals surface area contributed by atoms with E-state index in [4.69, 9.17) is 0 Å². The summed E-state index contributed by atoms with van der Waals surface area (Å²) in [5.74, 6) is -0.256. The normalized spacial score (nSPS) is 10.3. The van der Waals surface area contributed by atoms with Gasteiger partial charge in [0.2, 0.25) is 0 Å². The molecule has 0 unspecified atom stereocenters. The summed E-state index contributed by atoms with van der Waals surface area (Å²) in [6.07, 6.45) is 6.33. The van der Waals surface area contributed by atoms with Gasteiger partial charge in [-0.05, 0) is 12.1 Å². The molecule has 94 valence electrons. The summed E-state index contributed by atoms with van der Waals surface area (Å²) in [4.78, 5) is 26.6. The maximum absolute atomic E-state index is 11.8. The van der Waals surface area contributed by atoms with Crippen LogP contribution in [-0.4, -0.2) is 25.8 Å². The smallest absolute Gasteiger partial charge is 0.275 e. The van der Waals surface area contributed by atoms with Crippen LogP contribution in [-0.2, 0) is 0 Å². The van der Waals surface area contributed by atoms with Gasteiger partial charge in [0, 0.05) is 23.3 Å². The molecule has 3 heterocycles. The minimum Gasteiger partial charge on any atom is -0.341 e. The number of thiazole rings is 1. The number of aromatic amines is 1. The fraction of sp³-hybridized carbons (Fsp3) is 0. The highest BCUT2D eigenvalue weighted by atomic mass is 32.1. The fourth-order valence-corrected chi connectivity index (χ4v) is 2.25. The van der Waals surface area contributed by atoms with Crippen LogP contribution in [0.4, 0.5) is 5.13 Å².